The molecule has 0 saturated carbocycles. The lowest BCUT2D eigenvalue weighted by Gasteiger charge is -2.13. The summed E-state index contributed by atoms with van der Waals surface area (Å²) in [6.45, 7) is 3.44. The highest BCUT2D eigenvalue weighted by Crippen LogP contribution is 2.24. The highest BCUT2D eigenvalue weighted by molar-refractivity contribution is 6.30. The Bertz CT molecular complexity index is 1070. The van der Waals surface area contributed by atoms with Crippen LogP contribution in [0.4, 0.5) is 5.69 Å². The Labute approximate surface area is 192 Å². The number of aliphatic hydroxyl groups is 1. The minimum atomic E-state index is -0.604. The van der Waals surface area contributed by atoms with Crippen molar-refractivity contribution in [3.63, 3.8) is 0 Å². The van der Waals surface area contributed by atoms with E-state index >= 15 is 0 Å². The monoisotopic (exact) mass is 451 g/mol. The molecule has 1 aliphatic heterocycles. The Balaban J connectivity index is 1.27. The number of hydrogen-bond donors (Lipinski definition) is 3. The predicted molar refractivity (Wildman–Crippen MR) is 127 cm³/mol. The number of aliphatic hydroxyl groups excluding tert-OH is 1. The van der Waals surface area contributed by atoms with Gasteiger partial charge in [0.2, 0.25) is 0 Å². The molecule has 0 amide bonds. The zero-order valence-electron chi connectivity index (χ0n) is 17.6. The van der Waals surface area contributed by atoms with E-state index in [2.05, 4.69) is 16.7 Å². The molecule has 0 radical (unpaired) electrons. The maximum absolute atomic E-state index is 12.2. The van der Waals surface area contributed by atoms with Crippen LogP contribution in [0.2, 0.25) is 5.02 Å². The fraction of sp³-hybridized carbons (Fsp3) is 0.240. The summed E-state index contributed by atoms with van der Waals surface area (Å²) in [5.74, 6) is -0.329. The molecule has 32 heavy (non-hydrogen) atoms. The minimum Gasteiger partial charge on any atom is -0.387 e. The van der Waals surface area contributed by atoms with Gasteiger partial charge in [-0.3, -0.25) is 0 Å². The molecule has 3 aromatic carbocycles. The fourth-order valence-electron chi connectivity index (χ4n) is 3.30. The first-order valence-corrected chi connectivity index (χ1v) is 11.0. The molecule has 1 fully saturated rings. The second kappa shape index (κ2) is 10.6. The van der Waals surface area contributed by atoms with E-state index in [1.165, 1.54) is 0 Å². The Kier molecular flexibility index (Phi) is 7.39. The fourth-order valence-corrected chi connectivity index (χ4v) is 3.50. The molecule has 7 heteroatoms. The Morgan fingerprint density at radius 3 is 2.53 bits per heavy atom. The molecule has 0 spiro atoms. The van der Waals surface area contributed by atoms with E-state index in [4.69, 9.17) is 16.4 Å². The molecule has 3 aromatic rings. The first kappa shape index (κ1) is 22.3. The normalized spacial score (nSPS) is 14.1. The molecule has 3 N–H and O–H groups in total. The molecule has 1 heterocycles. The molecular weight excluding hydrogens is 426 g/mol. The Morgan fingerprint density at radius 2 is 1.75 bits per heavy atom. The third-order valence-corrected chi connectivity index (χ3v) is 5.35. The van der Waals surface area contributed by atoms with Gasteiger partial charge in [0.25, 0.3) is 0 Å². The van der Waals surface area contributed by atoms with Crippen LogP contribution in [0.25, 0.3) is 11.1 Å². The van der Waals surface area contributed by atoms with Gasteiger partial charge in [0.05, 0.1) is 24.8 Å². The zero-order chi connectivity index (χ0) is 22.3. The summed E-state index contributed by atoms with van der Waals surface area (Å²) in [6, 6.07) is 22.8. The van der Waals surface area contributed by atoms with Crippen LogP contribution in [-0.2, 0) is 4.84 Å². The molecule has 0 bridgehead atoms. The van der Waals surface area contributed by atoms with E-state index in [-0.39, 0.29) is 5.97 Å². The second-order valence-electron chi connectivity index (χ2n) is 7.67. The van der Waals surface area contributed by atoms with Crippen LogP contribution in [0, 0.1) is 0 Å². The molecule has 1 atom stereocenters. The highest BCUT2D eigenvalue weighted by Gasteiger charge is 2.23. The lowest BCUT2D eigenvalue weighted by molar-refractivity contribution is -0.0282. The van der Waals surface area contributed by atoms with Gasteiger partial charge >= 0.3 is 5.97 Å². The first-order chi connectivity index (χ1) is 15.6. The lowest BCUT2D eigenvalue weighted by Crippen LogP contribution is -2.26. The number of carbonyl (C=O) groups excluding carboxylic acids is 1. The lowest BCUT2D eigenvalue weighted by atomic mass is 10.0. The summed E-state index contributed by atoms with van der Waals surface area (Å²) in [5, 5.41) is 19.1. The largest absolute Gasteiger partial charge is 0.387 e. The van der Waals surface area contributed by atoms with Crippen LogP contribution in [0.1, 0.15) is 22.0 Å². The Hall–Kier alpha value is -2.90. The first-order valence-electron chi connectivity index (χ1n) is 10.6. The van der Waals surface area contributed by atoms with Crippen LogP contribution in [0.15, 0.2) is 72.8 Å². The summed E-state index contributed by atoms with van der Waals surface area (Å²) in [7, 11) is 0. The van der Waals surface area contributed by atoms with E-state index < -0.39 is 6.10 Å². The molecule has 0 unspecified atom stereocenters. The van der Waals surface area contributed by atoms with Gasteiger partial charge in [-0.25, -0.2) is 4.79 Å². The van der Waals surface area contributed by atoms with Crippen molar-refractivity contribution < 1.29 is 14.7 Å². The molecule has 1 saturated heterocycles. The number of benzene rings is 3. The van der Waals surface area contributed by atoms with E-state index in [0.717, 1.165) is 35.5 Å². The second-order valence-corrected chi connectivity index (χ2v) is 8.11. The van der Waals surface area contributed by atoms with Gasteiger partial charge in [-0.2, -0.15) is 0 Å². The molecule has 1 aliphatic rings. The third-order valence-electron chi connectivity index (χ3n) is 5.11. The summed E-state index contributed by atoms with van der Waals surface area (Å²) in [6.07, 6.45) is -0.604. The summed E-state index contributed by atoms with van der Waals surface area (Å²) in [4.78, 5) is 17.4. The number of anilines is 1. The number of hydroxylamine groups is 2. The molecule has 6 nitrogen and oxygen atoms in total. The van der Waals surface area contributed by atoms with Crippen LogP contribution >= 0.6 is 11.6 Å². The summed E-state index contributed by atoms with van der Waals surface area (Å²) < 4.78 is 0. The van der Waals surface area contributed by atoms with Crippen LogP contribution in [-0.4, -0.2) is 48.9 Å². The average Bonchev–Trinajstić information content (AvgIpc) is 3.63. The van der Waals surface area contributed by atoms with Crippen molar-refractivity contribution in [3.05, 3.63) is 88.9 Å². The van der Waals surface area contributed by atoms with E-state index in [1.807, 2.05) is 48.5 Å². The SMILES string of the molecule is O=C(ON1CC1)c1cccc(-c2cccc(NCCNC[C@H](O)c3cccc(Cl)c3)c2)c1. The van der Waals surface area contributed by atoms with Gasteiger partial charge in [0.15, 0.2) is 0 Å². The van der Waals surface area contributed by atoms with Gasteiger partial charge in [-0.1, -0.05) is 48.0 Å². The maximum Gasteiger partial charge on any atom is 0.357 e. The molecular formula is C25H26ClN3O3. The molecule has 0 aromatic heterocycles. The van der Waals surface area contributed by atoms with E-state index in [9.17, 15) is 9.90 Å². The molecule has 0 aliphatic carbocycles. The Morgan fingerprint density at radius 1 is 1.00 bits per heavy atom. The summed E-state index contributed by atoms with van der Waals surface area (Å²) >= 11 is 5.98. The number of carbonyl (C=O) groups is 1. The average molecular weight is 452 g/mol. The molecule has 166 valence electrons. The van der Waals surface area contributed by atoms with Crippen LogP contribution in [0.3, 0.4) is 0 Å². The topological polar surface area (TPSA) is 73.6 Å². The van der Waals surface area contributed by atoms with Crippen molar-refractivity contribution in [2.45, 2.75) is 6.10 Å². The zero-order valence-corrected chi connectivity index (χ0v) is 18.4. The van der Waals surface area contributed by atoms with Crippen LogP contribution in [0.5, 0.6) is 0 Å². The van der Waals surface area contributed by atoms with Gasteiger partial charge < -0.3 is 20.6 Å². The van der Waals surface area contributed by atoms with Crippen molar-refractivity contribution in [3.8, 4) is 11.1 Å². The number of rotatable bonds is 10. The van der Waals surface area contributed by atoms with Gasteiger partial charge in [0.1, 0.15) is 0 Å². The smallest absolute Gasteiger partial charge is 0.357 e. The maximum atomic E-state index is 12.2. The summed E-state index contributed by atoms with van der Waals surface area (Å²) in [5.41, 5.74) is 4.29. The van der Waals surface area contributed by atoms with Crippen molar-refractivity contribution in [2.75, 3.05) is 38.0 Å². The van der Waals surface area contributed by atoms with Crippen molar-refractivity contribution in [2.24, 2.45) is 0 Å². The quantitative estimate of drug-likeness (QED) is 0.318. The number of halogens is 1. The van der Waals surface area contributed by atoms with Crippen molar-refractivity contribution in [1.82, 2.24) is 10.4 Å². The standard InChI is InChI=1S/C25H26ClN3O3/c26-22-8-2-6-20(15-22)24(30)17-27-10-11-28-23-9-3-5-19(16-23)18-4-1-7-21(14-18)25(31)32-29-12-13-29/h1-9,14-16,24,27-28,30H,10-13,17H2/t24-/m0/s1. The van der Waals surface area contributed by atoms with Crippen molar-refractivity contribution >= 4 is 23.3 Å². The van der Waals surface area contributed by atoms with Gasteiger partial charge in [-0.05, 0) is 53.1 Å². The highest BCUT2D eigenvalue weighted by atomic mass is 35.5. The number of nitrogens with one attached hydrogen (secondary N) is 2. The van der Waals surface area contributed by atoms with E-state index in [1.54, 1.807) is 23.3 Å². The molecule has 4 rings (SSSR count). The van der Waals surface area contributed by atoms with E-state index in [0.29, 0.717) is 30.2 Å². The predicted octanol–water partition coefficient (Wildman–Crippen LogP) is 4.13. The van der Waals surface area contributed by atoms with Crippen LogP contribution < -0.4 is 10.6 Å². The third kappa shape index (κ3) is 6.31. The number of hydrogen-bond acceptors (Lipinski definition) is 6. The minimum absolute atomic E-state index is 0.329. The van der Waals surface area contributed by atoms with Gasteiger partial charge in [-0.15, -0.1) is 5.06 Å². The van der Waals surface area contributed by atoms with Gasteiger partial charge in [0, 0.05) is 30.3 Å². The van der Waals surface area contributed by atoms with Crippen molar-refractivity contribution in [1.29, 1.82) is 0 Å². The number of nitrogens with zero attached hydrogens (tertiary/aromatic N) is 1.